The van der Waals surface area contributed by atoms with E-state index in [1.54, 1.807) is 78.9 Å². The minimum absolute atomic E-state index is 0. The summed E-state index contributed by atoms with van der Waals surface area (Å²) in [6.07, 6.45) is 0.787. The average molecular weight is 1100 g/mol. The summed E-state index contributed by atoms with van der Waals surface area (Å²) in [5.74, 6) is -0.107. The van der Waals surface area contributed by atoms with Crippen LogP contribution in [0.15, 0.2) is 115 Å². The lowest BCUT2D eigenvalue weighted by Crippen LogP contribution is -2.38. The molecule has 7 aromatic carbocycles. The quantitative estimate of drug-likeness (QED) is 0.153. The summed E-state index contributed by atoms with van der Waals surface area (Å²) in [6.45, 7) is 0.830. The van der Waals surface area contributed by atoms with Gasteiger partial charge in [-0.05, 0) is 84.9 Å². The fourth-order valence-corrected chi connectivity index (χ4v) is 10.8. The van der Waals surface area contributed by atoms with Crippen LogP contribution in [0.5, 0.6) is 17.2 Å². The molecule has 0 saturated carbocycles. The molecule has 4 N–H and O–H groups in total. The number of fused-ring (bicyclic) bond motifs is 4. The number of benzene rings is 7. The standard InChI is InChI=1S/C23H14Cl2FNO3.2C15H12Cl2FNO.ClH/c24-18-6-3-7-19(25)20(18)17-10-13(26)8-12-9-14(30-21(12)17)11-27-22(28)15-4-1-2-5-16(15)23(27)29;2*16-12-2-1-3-13(17)14(12)11-6-9(18)4-8-5-10(7-19)20-15(8)11;/h1-8,10,14H,9,11H2;2*1-4,6,10H,5,7,19H2;1H/t14-;2*10-;/m111./s1. The van der Waals surface area contributed by atoms with Gasteiger partial charge in [0, 0.05) is 82.4 Å². The molecule has 11 rings (SSSR count). The highest BCUT2D eigenvalue weighted by Gasteiger charge is 2.39. The summed E-state index contributed by atoms with van der Waals surface area (Å²) < 4.78 is 59.7. The normalized spacial score (nSPS) is 16.8. The molecule has 2 amide bonds. The van der Waals surface area contributed by atoms with Crippen LogP contribution in [-0.4, -0.2) is 54.7 Å². The molecule has 18 heteroatoms. The Balaban J connectivity index is 0.000000147. The van der Waals surface area contributed by atoms with Crippen molar-refractivity contribution < 1.29 is 37.0 Å². The molecule has 7 aromatic rings. The van der Waals surface area contributed by atoms with E-state index >= 15 is 0 Å². The minimum Gasteiger partial charge on any atom is -0.488 e. The molecule has 0 saturated heterocycles. The van der Waals surface area contributed by atoms with Gasteiger partial charge in [-0.25, -0.2) is 13.2 Å². The Hall–Kier alpha value is -5.18. The van der Waals surface area contributed by atoms with Gasteiger partial charge in [0.1, 0.15) is 53.0 Å². The Bertz CT molecular complexity index is 3020. The zero-order valence-corrected chi connectivity index (χ0v) is 42.2. The third-order valence-corrected chi connectivity index (χ3v) is 14.0. The first-order valence-corrected chi connectivity index (χ1v) is 24.1. The maximum atomic E-state index is 14.3. The van der Waals surface area contributed by atoms with Gasteiger partial charge in [0.05, 0.1) is 47.8 Å². The van der Waals surface area contributed by atoms with Gasteiger partial charge in [0.25, 0.3) is 11.8 Å². The van der Waals surface area contributed by atoms with Crippen molar-refractivity contribution in [3.63, 3.8) is 0 Å². The third-order valence-electron chi connectivity index (χ3n) is 12.1. The van der Waals surface area contributed by atoms with E-state index in [0.29, 0.717) is 130 Å². The van der Waals surface area contributed by atoms with E-state index in [2.05, 4.69) is 0 Å². The van der Waals surface area contributed by atoms with Gasteiger partial charge in [0.2, 0.25) is 0 Å². The van der Waals surface area contributed by atoms with E-state index in [4.69, 9.17) is 95.3 Å². The van der Waals surface area contributed by atoms with Crippen LogP contribution in [0.1, 0.15) is 37.4 Å². The average Bonchev–Trinajstić information content (AvgIpc) is 4.11. The number of amides is 2. The Labute approximate surface area is 442 Å². The topological polar surface area (TPSA) is 117 Å². The Morgan fingerprint density at radius 1 is 0.451 bits per heavy atom. The van der Waals surface area contributed by atoms with Crippen molar-refractivity contribution in [1.82, 2.24) is 4.90 Å². The number of rotatable bonds is 7. The first kappa shape index (κ1) is 52.2. The van der Waals surface area contributed by atoms with Gasteiger partial charge >= 0.3 is 0 Å². The van der Waals surface area contributed by atoms with Crippen molar-refractivity contribution in [3.8, 4) is 50.6 Å². The Kier molecular flexibility index (Phi) is 16.1. The first-order chi connectivity index (χ1) is 33.6. The highest BCUT2D eigenvalue weighted by molar-refractivity contribution is 6.40. The fourth-order valence-electron chi connectivity index (χ4n) is 8.98. The summed E-state index contributed by atoms with van der Waals surface area (Å²) in [5, 5.41) is 2.61. The van der Waals surface area contributed by atoms with E-state index in [1.165, 1.54) is 41.3 Å². The zero-order valence-electron chi connectivity index (χ0n) is 36.9. The molecule has 4 aliphatic heterocycles. The fraction of sp³-hybridized carbons (Fsp3) is 0.170. The van der Waals surface area contributed by atoms with Crippen molar-refractivity contribution in [2.24, 2.45) is 11.5 Å². The van der Waals surface area contributed by atoms with Crippen LogP contribution in [0, 0.1) is 17.5 Å². The van der Waals surface area contributed by atoms with Gasteiger partial charge in [-0.15, -0.1) is 12.4 Å². The van der Waals surface area contributed by atoms with Crippen LogP contribution in [0.3, 0.4) is 0 Å². The molecule has 0 spiro atoms. The van der Waals surface area contributed by atoms with Crippen molar-refractivity contribution in [2.75, 3.05) is 19.6 Å². The lowest BCUT2D eigenvalue weighted by molar-refractivity contribution is 0.0588. The van der Waals surface area contributed by atoms with Crippen LogP contribution >= 0.6 is 82.0 Å². The molecule has 4 aliphatic rings. The van der Waals surface area contributed by atoms with Crippen molar-refractivity contribution in [2.45, 2.75) is 37.6 Å². The van der Waals surface area contributed by atoms with E-state index in [1.807, 2.05) is 0 Å². The van der Waals surface area contributed by atoms with E-state index in [9.17, 15) is 22.8 Å². The van der Waals surface area contributed by atoms with Crippen molar-refractivity contribution in [3.05, 3.63) is 191 Å². The number of hydrogen-bond acceptors (Lipinski definition) is 7. The third kappa shape index (κ3) is 10.5. The van der Waals surface area contributed by atoms with E-state index in [-0.39, 0.29) is 54.6 Å². The molecule has 0 aromatic heterocycles. The number of halogens is 10. The van der Waals surface area contributed by atoms with Gasteiger partial charge in [-0.3, -0.25) is 14.5 Å². The summed E-state index contributed by atoms with van der Waals surface area (Å²) in [5.41, 5.74) is 17.5. The van der Waals surface area contributed by atoms with Crippen LogP contribution in [0.25, 0.3) is 33.4 Å². The Morgan fingerprint density at radius 2 is 0.746 bits per heavy atom. The molecule has 4 heterocycles. The molecule has 0 radical (unpaired) electrons. The maximum Gasteiger partial charge on any atom is 0.261 e. The second-order valence-electron chi connectivity index (χ2n) is 16.7. The SMILES string of the molecule is Cl.NC[C@H]1Cc2cc(F)cc(-c3c(Cl)cccc3Cl)c2O1.NC[C@H]1Cc2cc(F)cc(-c3c(Cl)cccc3Cl)c2O1.O=C1c2ccccc2C(=O)N1C[C@H]1Cc2cc(F)cc(-c3c(Cl)cccc3Cl)c2O1. The maximum absolute atomic E-state index is 14.3. The molecule has 0 fully saturated rings. The van der Waals surface area contributed by atoms with Crippen LogP contribution in [-0.2, 0) is 19.3 Å². The highest BCUT2D eigenvalue weighted by atomic mass is 35.5. The first-order valence-electron chi connectivity index (χ1n) is 21.8. The van der Waals surface area contributed by atoms with Gasteiger partial charge < -0.3 is 25.7 Å². The number of ether oxygens (including phenoxy) is 3. The number of imide groups is 1. The predicted octanol–water partition coefficient (Wildman–Crippen LogP) is 13.9. The molecular weight excluding hydrogens is 1060 g/mol. The highest BCUT2D eigenvalue weighted by Crippen LogP contribution is 2.48. The van der Waals surface area contributed by atoms with Crippen molar-refractivity contribution >= 4 is 93.8 Å². The molecule has 0 unspecified atom stereocenters. The monoisotopic (exact) mass is 1100 g/mol. The minimum atomic E-state index is -0.496. The predicted molar refractivity (Wildman–Crippen MR) is 277 cm³/mol. The molecule has 366 valence electrons. The number of carbonyl (C=O) groups is 2. The number of carbonyl (C=O) groups excluding carboxylic acids is 2. The number of nitrogens with two attached hydrogens (primary N) is 2. The summed E-state index contributed by atoms with van der Waals surface area (Å²) in [7, 11) is 0. The molecule has 0 aliphatic carbocycles. The van der Waals surface area contributed by atoms with E-state index < -0.39 is 11.9 Å². The second-order valence-corrected chi connectivity index (χ2v) is 19.1. The smallest absolute Gasteiger partial charge is 0.261 e. The molecular formula is C53H39Cl7F3N3O5. The molecule has 8 nitrogen and oxygen atoms in total. The van der Waals surface area contributed by atoms with Crippen LogP contribution in [0.2, 0.25) is 30.1 Å². The molecule has 3 atom stereocenters. The summed E-state index contributed by atoms with van der Waals surface area (Å²) >= 11 is 37.4. The van der Waals surface area contributed by atoms with Crippen molar-refractivity contribution in [1.29, 1.82) is 0 Å². The van der Waals surface area contributed by atoms with Gasteiger partial charge in [0.15, 0.2) is 0 Å². The molecule has 71 heavy (non-hydrogen) atoms. The van der Waals surface area contributed by atoms with Crippen LogP contribution in [0.4, 0.5) is 13.2 Å². The summed E-state index contributed by atoms with van der Waals surface area (Å²) in [4.78, 5) is 26.5. The molecule has 0 bridgehead atoms. The number of nitrogens with zero attached hydrogens (tertiary/aromatic N) is 1. The van der Waals surface area contributed by atoms with Gasteiger partial charge in [-0.1, -0.05) is 99.9 Å². The Morgan fingerprint density at radius 3 is 1.06 bits per heavy atom. The number of hydrogen-bond donors (Lipinski definition) is 2. The second kappa shape index (κ2) is 21.9. The van der Waals surface area contributed by atoms with Gasteiger partial charge in [-0.2, -0.15) is 0 Å². The zero-order chi connectivity index (χ0) is 49.5. The lowest BCUT2D eigenvalue weighted by Gasteiger charge is -2.19. The largest absolute Gasteiger partial charge is 0.488 e. The van der Waals surface area contributed by atoms with E-state index in [0.717, 1.165) is 11.1 Å². The van der Waals surface area contributed by atoms with Crippen LogP contribution < -0.4 is 25.7 Å². The lowest BCUT2D eigenvalue weighted by atomic mass is 10.00. The summed E-state index contributed by atoms with van der Waals surface area (Å²) in [6, 6.07) is 30.6.